The van der Waals surface area contributed by atoms with Gasteiger partial charge in [-0.3, -0.25) is 4.79 Å². The van der Waals surface area contributed by atoms with Gasteiger partial charge < -0.3 is 15.5 Å². The van der Waals surface area contributed by atoms with Crippen molar-refractivity contribution in [2.45, 2.75) is 44.2 Å². The van der Waals surface area contributed by atoms with Crippen molar-refractivity contribution in [3.05, 3.63) is 0 Å². The van der Waals surface area contributed by atoms with Gasteiger partial charge in [-0.2, -0.15) is 0 Å². The van der Waals surface area contributed by atoms with Crippen LogP contribution in [-0.2, 0) is 14.6 Å². The summed E-state index contributed by atoms with van der Waals surface area (Å²) in [6.07, 6.45) is 5.38. The van der Waals surface area contributed by atoms with Crippen molar-refractivity contribution in [2.75, 3.05) is 38.2 Å². The van der Waals surface area contributed by atoms with Gasteiger partial charge in [0.05, 0.1) is 11.5 Å². The zero-order valence-electron chi connectivity index (χ0n) is 12.8. The monoisotopic (exact) mass is 317 g/mol. The molecule has 0 aromatic heterocycles. The molecule has 0 spiro atoms. The molecule has 0 aromatic carbocycles. The molecule has 0 radical (unpaired) electrons. The highest BCUT2D eigenvalue weighted by atomic mass is 32.2. The minimum Gasteiger partial charge on any atom is -0.355 e. The third kappa shape index (κ3) is 5.56. The van der Waals surface area contributed by atoms with E-state index >= 15 is 0 Å². The maximum absolute atomic E-state index is 11.9. The number of amides is 1. The van der Waals surface area contributed by atoms with Crippen LogP contribution in [0.5, 0.6) is 0 Å². The van der Waals surface area contributed by atoms with E-state index in [1.807, 2.05) is 0 Å². The van der Waals surface area contributed by atoms with E-state index in [4.69, 9.17) is 0 Å². The fourth-order valence-corrected chi connectivity index (χ4v) is 4.64. The molecule has 1 saturated carbocycles. The van der Waals surface area contributed by atoms with Gasteiger partial charge in [-0.15, -0.1) is 0 Å². The summed E-state index contributed by atoms with van der Waals surface area (Å²) >= 11 is 0. The summed E-state index contributed by atoms with van der Waals surface area (Å²) in [4.78, 5) is 14.2. The minimum atomic E-state index is -2.97. The van der Waals surface area contributed by atoms with Gasteiger partial charge in [-0.25, -0.2) is 8.42 Å². The fraction of sp³-hybridized carbons (Fsp3) is 0.929. The van der Waals surface area contributed by atoms with Gasteiger partial charge in [-0.05, 0) is 19.9 Å². The molecule has 1 aliphatic heterocycles. The van der Waals surface area contributed by atoms with Crippen molar-refractivity contribution in [1.82, 2.24) is 15.5 Å². The van der Waals surface area contributed by atoms with Crippen LogP contribution >= 0.6 is 0 Å². The molecule has 1 atom stereocenters. The van der Waals surface area contributed by atoms with E-state index < -0.39 is 9.84 Å². The molecule has 6 nitrogen and oxygen atoms in total. The highest BCUT2D eigenvalue weighted by Gasteiger charge is 2.26. The first-order chi connectivity index (χ1) is 9.96. The number of nitrogens with zero attached hydrogens (tertiary/aromatic N) is 1. The Bertz CT molecular complexity index is 446. The molecular formula is C14H27N3O3S. The summed E-state index contributed by atoms with van der Waals surface area (Å²) in [5, 5.41) is 6.00. The van der Waals surface area contributed by atoms with Gasteiger partial charge in [0.2, 0.25) is 5.91 Å². The number of sulfone groups is 1. The van der Waals surface area contributed by atoms with Crippen molar-refractivity contribution in [1.29, 1.82) is 0 Å². The molecule has 2 fully saturated rings. The number of carbonyl (C=O) groups excluding carboxylic acids is 1. The zero-order chi connectivity index (χ0) is 15.3. The van der Waals surface area contributed by atoms with Crippen LogP contribution in [0.15, 0.2) is 0 Å². The summed E-state index contributed by atoms with van der Waals surface area (Å²) in [6, 6.07) is 0.420. The smallest absolute Gasteiger partial charge is 0.221 e. The molecule has 1 heterocycles. The van der Waals surface area contributed by atoms with E-state index in [-0.39, 0.29) is 29.9 Å². The van der Waals surface area contributed by atoms with Crippen LogP contribution in [0.4, 0.5) is 0 Å². The Balaban J connectivity index is 1.63. The lowest BCUT2D eigenvalue weighted by Gasteiger charge is -2.25. The predicted octanol–water partition coefficient (Wildman–Crippen LogP) is -0.246. The number of likely N-dealkylation sites (N-methyl/N-ethyl adjacent to an activating group) is 1. The molecule has 2 N–H and O–H groups in total. The summed E-state index contributed by atoms with van der Waals surface area (Å²) in [5.74, 6) is 0.184. The molecule has 0 bridgehead atoms. The lowest BCUT2D eigenvalue weighted by atomic mass is 10.2. The van der Waals surface area contributed by atoms with Crippen molar-refractivity contribution < 1.29 is 13.2 Å². The zero-order valence-corrected chi connectivity index (χ0v) is 13.6. The van der Waals surface area contributed by atoms with E-state index in [1.54, 1.807) is 0 Å². The van der Waals surface area contributed by atoms with Crippen molar-refractivity contribution in [3.8, 4) is 0 Å². The second kappa shape index (κ2) is 7.56. The quantitative estimate of drug-likeness (QED) is 0.706. The van der Waals surface area contributed by atoms with Gasteiger partial charge in [0, 0.05) is 38.1 Å². The summed E-state index contributed by atoms with van der Waals surface area (Å²) in [5.41, 5.74) is 0. The first-order valence-electron chi connectivity index (χ1n) is 7.87. The molecule has 2 aliphatic rings. The molecule has 1 saturated heterocycles. The van der Waals surface area contributed by atoms with Gasteiger partial charge in [0.1, 0.15) is 0 Å². The highest BCUT2D eigenvalue weighted by molar-refractivity contribution is 7.91. The topological polar surface area (TPSA) is 78.5 Å². The Labute approximate surface area is 127 Å². The molecule has 0 aromatic rings. The van der Waals surface area contributed by atoms with Crippen LogP contribution < -0.4 is 10.6 Å². The van der Waals surface area contributed by atoms with E-state index in [2.05, 4.69) is 22.6 Å². The van der Waals surface area contributed by atoms with Gasteiger partial charge in [-0.1, -0.05) is 12.8 Å². The average molecular weight is 317 g/mol. The van der Waals surface area contributed by atoms with E-state index in [0.717, 1.165) is 6.54 Å². The van der Waals surface area contributed by atoms with Gasteiger partial charge in [0.15, 0.2) is 9.84 Å². The third-order valence-corrected chi connectivity index (χ3v) is 6.20. The van der Waals surface area contributed by atoms with Crippen LogP contribution in [0.2, 0.25) is 0 Å². The lowest BCUT2D eigenvalue weighted by molar-refractivity contribution is -0.121. The SMILES string of the molecule is CN(CCNC(=O)CC1CS(=O)(=O)CCN1)C1CCCC1. The molecule has 21 heavy (non-hydrogen) atoms. The van der Waals surface area contributed by atoms with Gasteiger partial charge >= 0.3 is 0 Å². The van der Waals surface area contributed by atoms with Gasteiger partial charge in [0.25, 0.3) is 0 Å². The molecule has 1 unspecified atom stereocenters. The second-order valence-electron chi connectivity index (χ2n) is 6.24. The Kier molecular flexibility index (Phi) is 6.01. The van der Waals surface area contributed by atoms with Crippen LogP contribution in [-0.4, -0.2) is 69.5 Å². The maximum Gasteiger partial charge on any atom is 0.221 e. The highest BCUT2D eigenvalue weighted by Crippen LogP contribution is 2.21. The number of hydrogen-bond acceptors (Lipinski definition) is 5. The minimum absolute atomic E-state index is 0.0654. The Morgan fingerprint density at radius 3 is 2.71 bits per heavy atom. The lowest BCUT2D eigenvalue weighted by Crippen LogP contribution is -2.47. The van der Waals surface area contributed by atoms with Crippen LogP contribution in [0.1, 0.15) is 32.1 Å². The molecule has 7 heteroatoms. The molecule has 1 amide bonds. The van der Waals surface area contributed by atoms with Crippen molar-refractivity contribution in [3.63, 3.8) is 0 Å². The normalized spacial score (nSPS) is 26.1. The fourth-order valence-electron chi connectivity index (χ4n) is 3.19. The molecule has 1 aliphatic carbocycles. The van der Waals surface area contributed by atoms with Crippen LogP contribution in [0, 0.1) is 0 Å². The standard InChI is InChI=1S/C14H27N3O3S/c1-17(13-4-2-3-5-13)8-6-16-14(18)10-12-11-21(19,20)9-7-15-12/h12-13,15H,2-11H2,1H3,(H,16,18). The average Bonchev–Trinajstić information content (AvgIpc) is 2.91. The second-order valence-corrected chi connectivity index (χ2v) is 8.47. The molecular weight excluding hydrogens is 290 g/mol. The number of carbonyl (C=O) groups is 1. The predicted molar refractivity (Wildman–Crippen MR) is 83.0 cm³/mol. The van der Waals surface area contributed by atoms with Crippen molar-refractivity contribution in [2.24, 2.45) is 0 Å². The van der Waals surface area contributed by atoms with E-state index in [1.165, 1.54) is 25.7 Å². The summed E-state index contributed by atoms with van der Waals surface area (Å²) in [6.45, 7) is 1.93. The van der Waals surface area contributed by atoms with Crippen LogP contribution in [0.3, 0.4) is 0 Å². The number of rotatable bonds is 6. The summed E-state index contributed by atoms with van der Waals surface area (Å²) < 4.78 is 23.0. The maximum atomic E-state index is 11.9. The Morgan fingerprint density at radius 2 is 2.05 bits per heavy atom. The van der Waals surface area contributed by atoms with E-state index in [9.17, 15) is 13.2 Å². The summed E-state index contributed by atoms with van der Waals surface area (Å²) in [7, 11) is -0.865. The largest absolute Gasteiger partial charge is 0.355 e. The van der Waals surface area contributed by atoms with Crippen molar-refractivity contribution >= 4 is 15.7 Å². The first-order valence-corrected chi connectivity index (χ1v) is 9.69. The van der Waals surface area contributed by atoms with E-state index in [0.29, 0.717) is 19.1 Å². The number of nitrogens with one attached hydrogen (secondary N) is 2. The number of hydrogen-bond donors (Lipinski definition) is 2. The Morgan fingerprint density at radius 1 is 1.33 bits per heavy atom. The molecule has 122 valence electrons. The first kappa shape index (κ1) is 16.7. The molecule has 2 rings (SSSR count). The third-order valence-electron chi connectivity index (χ3n) is 4.47. The Hall–Kier alpha value is -0.660. The van der Waals surface area contributed by atoms with Crippen LogP contribution in [0.25, 0.3) is 0 Å².